The van der Waals surface area contributed by atoms with Gasteiger partial charge < -0.3 is 5.11 Å². The summed E-state index contributed by atoms with van der Waals surface area (Å²) in [6.45, 7) is 1.60. The molecule has 1 aromatic heterocycles. The fourth-order valence-corrected chi connectivity index (χ4v) is 2.80. The summed E-state index contributed by atoms with van der Waals surface area (Å²) >= 11 is 0. The minimum absolute atomic E-state index is 0.143. The SMILES string of the molecule is Cn1nc2c(cc1=O)CN(CC(O)c1ccccc1F)CC2. The third-order valence-corrected chi connectivity index (χ3v) is 4.01. The summed E-state index contributed by atoms with van der Waals surface area (Å²) in [5, 5.41) is 14.5. The maximum atomic E-state index is 13.7. The average molecular weight is 303 g/mol. The van der Waals surface area contributed by atoms with Gasteiger partial charge in [-0.3, -0.25) is 9.69 Å². The number of nitrogens with zero attached hydrogens (tertiary/aromatic N) is 3. The van der Waals surface area contributed by atoms with E-state index in [0.717, 1.165) is 17.8 Å². The van der Waals surface area contributed by atoms with Crippen LogP contribution in [0.4, 0.5) is 4.39 Å². The lowest BCUT2D eigenvalue weighted by atomic mass is 10.0. The van der Waals surface area contributed by atoms with Gasteiger partial charge in [0.1, 0.15) is 5.82 Å². The van der Waals surface area contributed by atoms with Gasteiger partial charge >= 0.3 is 0 Å². The molecule has 1 unspecified atom stereocenters. The fourth-order valence-electron chi connectivity index (χ4n) is 2.80. The van der Waals surface area contributed by atoms with E-state index in [2.05, 4.69) is 5.10 Å². The van der Waals surface area contributed by atoms with Crippen LogP contribution in [-0.4, -0.2) is 32.9 Å². The predicted molar refractivity (Wildman–Crippen MR) is 79.8 cm³/mol. The zero-order valence-electron chi connectivity index (χ0n) is 12.4. The summed E-state index contributed by atoms with van der Waals surface area (Å²) in [5.74, 6) is -0.400. The third-order valence-electron chi connectivity index (χ3n) is 4.01. The molecular formula is C16H18FN3O2. The number of halogens is 1. The van der Waals surface area contributed by atoms with E-state index in [0.29, 0.717) is 25.1 Å². The van der Waals surface area contributed by atoms with Gasteiger partial charge in [0.15, 0.2) is 0 Å². The molecule has 0 bridgehead atoms. The van der Waals surface area contributed by atoms with Crippen LogP contribution in [0.1, 0.15) is 22.9 Å². The zero-order valence-corrected chi connectivity index (χ0v) is 12.4. The van der Waals surface area contributed by atoms with Crippen LogP contribution in [0.2, 0.25) is 0 Å². The lowest BCUT2D eigenvalue weighted by Gasteiger charge is -2.29. The molecule has 116 valence electrons. The minimum atomic E-state index is -0.887. The highest BCUT2D eigenvalue weighted by Crippen LogP contribution is 2.21. The molecule has 1 atom stereocenters. The van der Waals surface area contributed by atoms with Gasteiger partial charge in [-0.2, -0.15) is 5.10 Å². The Balaban J connectivity index is 1.74. The molecule has 2 aromatic rings. The number of hydrogen-bond acceptors (Lipinski definition) is 4. The molecule has 1 N–H and O–H groups in total. The Labute approximate surface area is 127 Å². The van der Waals surface area contributed by atoms with Crippen LogP contribution in [0, 0.1) is 5.82 Å². The van der Waals surface area contributed by atoms with Crippen molar-refractivity contribution in [3.63, 3.8) is 0 Å². The molecule has 0 aliphatic carbocycles. The Bertz CT molecular complexity index is 744. The van der Waals surface area contributed by atoms with Crippen LogP contribution >= 0.6 is 0 Å². The Kier molecular flexibility index (Phi) is 4.04. The molecule has 22 heavy (non-hydrogen) atoms. The predicted octanol–water partition coefficient (Wildman–Crippen LogP) is 1.01. The van der Waals surface area contributed by atoms with E-state index in [1.165, 1.54) is 10.7 Å². The van der Waals surface area contributed by atoms with Gasteiger partial charge in [-0.1, -0.05) is 18.2 Å². The number of aliphatic hydroxyl groups excluding tert-OH is 1. The van der Waals surface area contributed by atoms with Crippen molar-refractivity contribution in [1.82, 2.24) is 14.7 Å². The molecule has 0 amide bonds. The summed E-state index contributed by atoms with van der Waals surface area (Å²) in [7, 11) is 1.64. The molecule has 5 nitrogen and oxygen atoms in total. The maximum Gasteiger partial charge on any atom is 0.266 e. The number of rotatable bonds is 3. The van der Waals surface area contributed by atoms with Crippen LogP contribution < -0.4 is 5.56 Å². The van der Waals surface area contributed by atoms with Gasteiger partial charge in [0.2, 0.25) is 0 Å². The maximum absolute atomic E-state index is 13.7. The van der Waals surface area contributed by atoms with E-state index >= 15 is 0 Å². The van der Waals surface area contributed by atoms with Crippen molar-refractivity contribution in [2.75, 3.05) is 13.1 Å². The van der Waals surface area contributed by atoms with Crippen LogP contribution in [0.3, 0.4) is 0 Å². The lowest BCUT2D eigenvalue weighted by molar-refractivity contribution is 0.102. The summed E-state index contributed by atoms with van der Waals surface area (Å²) in [6.07, 6.45) is -0.171. The van der Waals surface area contributed by atoms with E-state index in [1.807, 2.05) is 4.90 Å². The quantitative estimate of drug-likeness (QED) is 0.919. The third kappa shape index (κ3) is 2.93. The molecule has 1 aliphatic heterocycles. The van der Waals surface area contributed by atoms with E-state index < -0.39 is 11.9 Å². The number of hydrogen-bond donors (Lipinski definition) is 1. The molecule has 3 rings (SSSR count). The fraction of sp³-hybridized carbons (Fsp3) is 0.375. The Hall–Kier alpha value is -2.05. The summed E-state index contributed by atoms with van der Waals surface area (Å²) in [4.78, 5) is 13.7. The first-order valence-electron chi connectivity index (χ1n) is 7.25. The molecule has 1 aliphatic rings. The topological polar surface area (TPSA) is 58.4 Å². The highest BCUT2D eigenvalue weighted by Gasteiger charge is 2.22. The number of aliphatic hydroxyl groups is 1. The standard InChI is InChI=1S/C16H18FN3O2/c1-19-16(22)8-11-9-20(7-6-14(11)18-19)10-15(21)12-4-2-3-5-13(12)17/h2-5,8,15,21H,6-7,9-10H2,1H3. The smallest absolute Gasteiger partial charge is 0.266 e. The highest BCUT2D eigenvalue weighted by molar-refractivity contribution is 5.22. The number of aromatic nitrogens is 2. The zero-order chi connectivity index (χ0) is 15.7. The summed E-state index contributed by atoms with van der Waals surface area (Å²) in [6, 6.07) is 7.84. The van der Waals surface area contributed by atoms with Crippen LogP contribution in [-0.2, 0) is 20.0 Å². The summed E-state index contributed by atoms with van der Waals surface area (Å²) in [5.41, 5.74) is 1.96. The first-order valence-corrected chi connectivity index (χ1v) is 7.25. The molecule has 0 spiro atoms. The summed E-state index contributed by atoms with van der Waals surface area (Å²) < 4.78 is 15.0. The Morgan fingerprint density at radius 3 is 2.95 bits per heavy atom. The van der Waals surface area contributed by atoms with Crippen LogP contribution in [0.25, 0.3) is 0 Å². The van der Waals surface area contributed by atoms with Gasteiger partial charge in [0.25, 0.3) is 5.56 Å². The lowest BCUT2D eigenvalue weighted by Crippen LogP contribution is -2.36. The van der Waals surface area contributed by atoms with Crippen molar-refractivity contribution in [2.24, 2.45) is 7.05 Å². The van der Waals surface area contributed by atoms with Crippen molar-refractivity contribution in [3.05, 3.63) is 63.3 Å². The van der Waals surface area contributed by atoms with Crippen molar-refractivity contribution >= 4 is 0 Å². The molecule has 0 fully saturated rings. The van der Waals surface area contributed by atoms with Crippen molar-refractivity contribution in [1.29, 1.82) is 0 Å². The molecule has 0 radical (unpaired) electrons. The normalized spacial score (nSPS) is 16.3. The number of fused-ring (bicyclic) bond motifs is 1. The molecular weight excluding hydrogens is 285 g/mol. The molecule has 0 saturated carbocycles. The second-order valence-corrected chi connectivity index (χ2v) is 5.60. The molecule has 0 saturated heterocycles. The first-order chi connectivity index (χ1) is 10.5. The first kappa shape index (κ1) is 14.9. The monoisotopic (exact) mass is 303 g/mol. The van der Waals surface area contributed by atoms with Crippen LogP contribution in [0.5, 0.6) is 0 Å². The second kappa shape index (κ2) is 5.98. The molecule has 1 aromatic carbocycles. The largest absolute Gasteiger partial charge is 0.387 e. The van der Waals surface area contributed by atoms with Gasteiger partial charge in [-0.25, -0.2) is 9.07 Å². The average Bonchev–Trinajstić information content (AvgIpc) is 2.49. The van der Waals surface area contributed by atoms with E-state index in [4.69, 9.17) is 0 Å². The van der Waals surface area contributed by atoms with E-state index in [1.54, 1.807) is 31.3 Å². The Morgan fingerprint density at radius 2 is 2.18 bits per heavy atom. The number of aryl methyl sites for hydroxylation is 1. The number of β-amino-alcohol motifs (C(OH)–C–C–N with tert-alkyl or cyclic N) is 1. The highest BCUT2D eigenvalue weighted by atomic mass is 19.1. The number of benzene rings is 1. The Morgan fingerprint density at radius 1 is 1.41 bits per heavy atom. The van der Waals surface area contributed by atoms with Gasteiger partial charge in [0, 0.05) is 44.7 Å². The van der Waals surface area contributed by atoms with Gasteiger partial charge in [0.05, 0.1) is 11.8 Å². The van der Waals surface area contributed by atoms with E-state index in [9.17, 15) is 14.3 Å². The molecule has 6 heteroatoms. The minimum Gasteiger partial charge on any atom is -0.387 e. The van der Waals surface area contributed by atoms with Crippen molar-refractivity contribution in [2.45, 2.75) is 19.1 Å². The van der Waals surface area contributed by atoms with Gasteiger partial charge in [-0.15, -0.1) is 0 Å². The van der Waals surface area contributed by atoms with E-state index in [-0.39, 0.29) is 5.56 Å². The second-order valence-electron chi connectivity index (χ2n) is 5.60. The van der Waals surface area contributed by atoms with Crippen LogP contribution in [0.15, 0.2) is 35.1 Å². The van der Waals surface area contributed by atoms with Crippen molar-refractivity contribution in [3.8, 4) is 0 Å². The van der Waals surface area contributed by atoms with Crippen molar-refractivity contribution < 1.29 is 9.50 Å². The molecule has 2 heterocycles. The van der Waals surface area contributed by atoms with Gasteiger partial charge in [-0.05, 0) is 11.6 Å².